The third-order valence-electron chi connectivity index (χ3n) is 3.19. The van der Waals surface area contributed by atoms with Crippen LogP contribution in [0.4, 0.5) is 4.39 Å². The lowest BCUT2D eigenvalue weighted by molar-refractivity contribution is 0.436. The van der Waals surface area contributed by atoms with Crippen LogP contribution in [0.2, 0.25) is 0 Å². The van der Waals surface area contributed by atoms with Crippen molar-refractivity contribution in [1.82, 2.24) is 14.7 Å². The lowest BCUT2D eigenvalue weighted by atomic mass is 9.99. The Kier molecular flexibility index (Phi) is 2.36. The van der Waals surface area contributed by atoms with Crippen LogP contribution >= 0.6 is 0 Å². The second-order valence-electron chi connectivity index (χ2n) is 4.27. The molecule has 2 aromatic heterocycles. The van der Waals surface area contributed by atoms with Gasteiger partial charge in [0.25, 0.3) is 0 Å². The van der Waals surface area contributed by atoms with E-state index in [0.29, 0.717) is 5.92 Å². The first-order valence-corrected chi connectivity index (χ1v) is 5.69. The zero-order valence-electron chi connectivity index (χ0n) is 8.99. The van der Waals surface area contributed by atoms with E-state index in [4.69, 9.17) is 0 Å². The van der Waals surface area contributed by atoms with Crippen LogP contribution in [0, 0.1) is 5.95 Å². The van der Waals surface area contributed by atoms with Crippen molar-refractivity contribution in [2.45, 2.75) is 18.8 Å². The molecule has 0 bridgehead atoms. The number of nitrogens with one attached hydrogen (secondary N) is 1. The van der Waals surface area contributed by atoms with Crippen molar-refractivity contribution >= 4 is 5.52 Å². The Balaban J connectivity index is 2.09. The van der Waals surface area contributed by atoms with Gasteiger partial charge in [-0.3, -0.25) is 4.40 Å². The first kappa shape index (κ1) is 9.78. The van der Waals surface area contributed by atoms with Gasteiger partial charge in [-0.1, -0.05) is 6.07 Å². The Morgan fingerprint density at radius 1 is 1.44 bits per heavy atom. The minimum atomic E-state index is -0.226. The summed E-state index contributed by atoms with van der Waals surface area (Å²) in [6, 6.07) is 5.08. The first-order chi connectivity index (χ1) is 7.86. The van der Waals surface area contributed by atoms with Crippen LogP contribution in [0.3, 0.4) is 0 Å². The highest BCUT2D eigenvalue weighted by Gasteiger charge is 2.20. The van der Waals surface area contributed by atoms with E-state index in [9.17, 15) is 4.39 Å². The summed E-state index contributed by atoms with van der Waals surface area (Å²) < 4.78 is 15.4. The minimum absolute atomic E-state index is 0.226. The minimum Gasteiger partial charge on any atom is -0.316 e. The number of hydrogen-bond acceptors (Lipinski definition) is 2. The normalized spacial score (nSPS) is 21.4. The van der Waals surface area contributed by atoms with Gasteiger partial charge in [-0.2, -0.15) is 4.39 Å². The van der Waals surface area contributed by atoms with Gasteiger partial charge in [-0.05, 0) is 31.5 Å². The summed E-state index contributed by atoms with van der Waals surface area (Å²) in [4.78, 5) is 4.36. The van der Waals surface area contributed by atoms with Crippen molar-refractivity contribution in [2.75, 3.05) is 13.1 Å². The maximum atomic E-state index is 13.7. The number of hydrogen-bond donors (Lipinski definition) is 1. The van der Waals surface area contributed by atoms with E-state index in [1.54, 1.807) is 16.7 Å². The predicted molar refractivity (Wildman–Crippen MR) is 60.0 cm³/mol. The number of pyridine rings is 1. The molecule has 1 saturated heterocycles. The van der Waals surface area contributed by atoms with Crippen molar-refractivity contribution in [3.8, 4) is 0 Å². The Labute approximate surface area is 93.3 Å². The summed E-state index contributed by atoms with van der Waals surface area (Å²) in [5.74, 6) is 0.948. The Morgan fingerprint density at radius 2 is 2.38 bits per heavy atom. The molecule has 4 heteroatoms. The first-order valence-electron chi connectivity index (χ1n) is 5.69. The van der Waals surface area contributed by atoms with Crippen LogP contribution in [-0.4, -0.2) is 22.5 Å². The lowest BCUT2D eigenvalue weighted by Gasteiger charge is -2.21. The number of imidazole rings is 1. The molecule has 0 saturated carbocycles. The summed E-state index contributed by atoms with van der Waals surface area (Å²) in [5.41, 5.74) is 0.834. The van der Waals surface area contributed by atoms with Crippen molar-refractivity contribution < 1.29 is 4.39 Å². The summed E-state index contributed by atoms with van der Waals surface area (Å²) in [7, 11) is 0. The Hall–Kier alpha value is -1.42. The van der Waals surface area contributed by atoms with Gasteiger partial charge in [0.2, 0.25) is 0 Å². The molecule has 16 heavy (non-hydrogen) atoms. The fourth-order valence-corrected chi connectivity index (χ4v) is 2.39. The maximum absolute atomic E-state index is 13.7. The Morgan fingerprint density at radius 3 is 3.19 bits per heavy atom. The smallest absolute Gasteiger partial charge is 0.199 e. The number of fused-ring (bicyclic) bond motifs is 1. The Bertz CT molecular complexity index is 500. The fourth-order valence-electron chi connectivity index (χ4n) is 2.39. The molecule has 0 aliphatic carbocycles. The molecule has 3 nitrogen and oxygen atoms in total. The third kappa shape index (κ3) is 1.50. The van der Waals surface area contributed by atoms with Crippen LogP contribution in [-0.2, 0) is 0 Å². The van der Waals surface area contributed by atoms with Gasteiger partial charge in [0.1, 0.15) is 5.82 Å². The van der Waals surface area contributed by atoms with E-state index in [1.807, 2.05) is 6.07 Å². The zero-order valence-corrected chi connectivity index (χ0v) is 8.99. The molecule has 84 valence electrons. The van der Waals surface area contributed by atoms with E-state index in [1.165, 1.54) is 6.07 Å². The molecule has 3 heterocycles. The highest BCUT2D eigenvalue weighted by atomic mass is 19.1. The molecule has 1 aliphatic rings. The maximum Gasteiger partial charge on any atom is 0.199 e. The van der Waals surface area contributed by atoms with Gasteiger partial charge in [-0.25, -0.2) is 4.98 Å². The van der Waals surface area contributed by atoms with Crippen LogP contribution in [0.15, 0.2) is 24.4 Å². The van der Waals surface area contributed by atoms with E-state index in [0.717, 1.165) is 37.3 Å². The topological polar surface area (TPSA) is 29.3 Å². The molecule has 1 atom stereocenters. The van der Waals surface area contributed by atoms with Crippen LogP contribution in [0.5, 0.6) is 0 Å². The number of piperidine rings is 1. The van der Waals surface area contributed by atoms with Crippen molar-refractivity contribution in [2.24, 2.45) is 0 Å². The van der Waals surface area contributed by atoms with Crippen LogP contribution in [0.25, 0.3) is 5.52 Å². The quantitative estimate of drug-likeness (QED) is 0.743. The third-order valence-corrected chi connectivity index (χ3v) is 3.19. The number of halogens is 1. The molecule has 1 aliphatic heterocycles. The lowest BCUT2D eigenvalue weighted by Crippen LogP contribution is -2.29. The fraction of sp³-hybridized carbons (Fsp3) is 0.417. The summed E-state index contributed by atoms with van der Waals surface area (Å²) in [6.45, 7) is 1.95. The largest absolute Gasteiger partial charge is 0.316 e. The van der Waals surface area contributed by atoms with Gasteiger partial charge in [0.05, 0.1) is 11.7 Å². The molecule has 2 aromatic rings. The van der Waals surface area contributed by atoms with Gasteiger partial charge in [0, 0.05) is 12.5 Å². The molecule has 0 aromatic carbocycles. The molecular formula is C12H14FN3. The summed E-state index contributed by atoms with van der Waals surface area (Å²) >= 11 is 0. The molecule has 1 fully saturated rings. The molecular weight excluding hydrogens is 205 g/mol. The summed E-state index contributed by atoms with van der Waals surface area (Å²) in [6.07, 6.45) is 3.96. The number of rotatable bonds is 1. The van der Waals surface area contributed by atoms with E-state index in [-0.39, 0.29) is 5.95 Å². The highest BCUT2D eigenvalue weighted by molar-refractivity contribution is 5.46. The summed E-state index contributed by atoms with van der Waals surface area (Å²) in [5, 5.41) is 3.33. The SMILES string of the molecule is Fc1cccc2cnc(C3CCCNC3)n12. The molecule has 0 radical (unpaired) electrons. The zero-order chi connectivity index (χ0) is 11.0. The van der Waals surface area contributed by atoms with Gasteiger partial charge in [-0.15, -0.1) is 0 Å². The predicted octanol–water partition coefficient (Wildman–Crippen LogP) is 1.94. The van der Waals surface area contributed by atoms with Crippen LogP contribution < -0.4 is 5.32 Å². The molecule has 0 amide bonds. The van der Waals surface area contributed by atoms with Crippen molar-refractivity contribution in [3.63, 3.8) is 0 Å². The number of aromatic nitrogens is 2. The van der Waals surface area contributed by atoms with E-state index in [2.05, 4.69) is 10.3 Å². The molecule has 1 unspecified atom stereocenters. The van der Waals surface area contributed by atoms with Crippen molar-refractivity contribution in [1.29, 1.82) is 0 Å². The van der Waals surface area contributed by atoms with E-state index < -0.39 is 0 Å². The highest BCUT2D eigenvalue weighted by Crippen LogP contribution is 2.23. The molecule has 0 spiro atoms. The second kappa shape index (κ2) is 3.87. The van der Waals surface area contributed by atoms with Gasteiger partial charge < -0.3 is 5.32 Å². The monoisotopic (exact) mass is 219 g/mol. The molecule has 1 N–H and O–H groups in total. The van der Waals surface area contributed by atoms with Crippen molar-refractivity contribution in [3.05, 3.63) is 36.2 Å². The average Bonchev–Trinajstić information content (AvgIpc) is 2.75. The van der Waals surface area contributed by atoms with Gasteiger partial charge >= 0.3 is 0 Å². The average molecular weight is 219 g/mol. The van der Waals surface area contributed by atoms with E-state index >= 15 is 0 Å². The number of nitrogens with zero attached hydrogens (tertiary/aromatic N) is 2. The van der Waals surface area contributed by atoms with Crippen LogP contribution in [0.1, 0.15) is 24.6 Å². The second-order valence-corrected chi connectivity index (χ2v) is 4.27. The standard InChI is InChI=1S/C12H14FN3/c13-11-5-1-4-10-8-15-12(16(10)11)9-3-2-6-14-7-9/h1,4-5,8-9,14H,2-3,6-7H2. The van der Waals surface area contributed by atoms with Gasteiger partial charge in [0.15, 0.2) is 5.95 Å². The molecule has 3 rings (SSSR count).